The second-order valence-electron chi connectivity index (χ2n) is 5.32. The van der Waals surface area contributed by atoms with Gasteiger partial charge in [0.1, 0.15) is 9.72 Å². The van der Waals surface area contributed by atoms with E-state index in [0.717, 1.165) is 11.3 Å². The topological polar surface area (TPSA) is 108 Å². The standard InChI is InChI=1S/C14H9ClF3N3O4S/c15-6-1-5(3-19-11(6)23)8-2-7-10(26-8)12(24)20-13(25)21(7)4-9(22)14(16,17)18/h1-3,9,22H,4H2,(H,19,23)(H,20,24,25). The van der Waals surface area contributed by atoms with Crippen molar-refractivity contribution in [1.82, 2.24) is 14.5 Å². The van der Waals surface area contributed by atoms with Crippen LogP contribution in [-0.2, 0) is 6.54 Å². The Balaban J connectivity index is 2.19. The minimum Gasteiger partial charge on any atom is -0.382 e. The zero-order valence-corrected chi connectivity index (χ0v) is 14.1. The second-order valence-corrected chi connectivity index (χ2v) is 6.78. The Morgan fingerprint density at radius 1 is 1.23 bits per heavy atom. The lowest BCUT2D eigenvalue weighted by Crippen LogP contribution is -2.38. The van der Waals surface area contributed by atoms with Gasteiger partial charge in [0.05, 0.1) is 12.1 Å². The molecule has 0 spiro atoms. The molecule has 3 aromatic heterocycles. The van der Waals surface area contributed by atoms with E-state index in [2.05, 4.69) is 4.98 Å². The summed E-state index contributed by atoms with van der Waals surface area (Å²) in [6, 6.07) is 2.65. The molecule has 0 aliphatic carbocycles. The Kier molecular flexibility index (Phi) is 4.54. The molecule has 0 fully saturated rings. The maximum Gasteiger partial charge on any atom is 0.416 e. The van der Waals surface area contributed by atoms with Crippen molar-refractivity contribution in [3.05, 3.63) is 54.5 Å². The summed E-state index contributed by atoms with van der Waals surface area (Å²) >= 11 is 6.65. The van der Waals surface area contributed by atoms with Crippen LogP contribution in [0.15, 0.2) is 32.7 Å². The molecule has 3 aromatic rings. The van der Waals surface area contributed by atoms with Gasteiger partial charge < -0.3 is 10.1 Å². The molecule has 0 aliphatic heterocycles. The van der Waals surface area contributed by atoms with Gasteiger partial charge in [0.15, 0.2) is 6.10 Å². The van der Waals surface area contributed by atoms with E-state index in [9.17, 15) is 32.7 Å². The van der Waals surface area contributed by atoms with Gasteiger partial charge in [-0.25, -0.2) is 4.79 Å². The Hall–Kier alpha value is -2.37. The van der Waals surface area contributed by atoms with Crippen LogP contribution in [0.2, 0.25) is 5.02 Å². The van der Waals surface area contributed by atoms with Crippen molar-refractivity contribution in [3.63, 3.8) is 0 Å². The normalized spacial score (nSPS) is 13.3. The van der Waals surface area contributed by atoms with E-state index >= 15 is 0 Å². The van der Waals surface area contributed by atoms with Crippen molar-refractivity contribution < 1.29 is 18.3 Å². The van der Waals surface area contributed by atoms with E-state index in [0.29, 0.717) is 15.0 Å². The number of hydrogen-bond acceptors (Lipinski definition) is 5. The molecule has 12 heteroatoms. The molecule has 3 N–H and O–H groups in total. The first kappa shape index (κ1) is 18.4. The van der Waals surface area contributed by atoms with E-state index in [4.69, 9.17) is 11.6 Å². The third-order valence-electron chi connectivity index (χ3n) is 3.55. The number of halogens is 4. The molecule has 0 radical (unpaired) electrons. The van der Waals surface area contributed by atoms with Crippen molar-refractivity contribution >= 4 is 33.2 Å². The van der Waals surface area contributed by atoms with E-state index in [1.54, 1.807) is 0 Å². The van der Waals surface area contributed by atoms with Crippen LogP contribution < -0.4 is 16.8 Å². The zero-order chi connectivity index (χ0) is 19.2. The van der Waals surface area contributed by atoms with Crippen LogP contribution >= 0.6 is 22.9 Å². The molecule has 1 atom stereocenters. The van der Waals surface area contributed by atoms with Crippen LogP contribution in [0.4, 0.5) is 13.2 Å². The zero-order valence-electron chi connectivity index (χ0n) is 12.6. The molecule has 138 valence electrons. The average molecular weight is 408 g/mol. The molecule has 1 unspecified atom stereocenters. The van der Waals surface area contributed by atoms with Gasteiger partial charge in [-0.3, -0.25) is 19.1 Å². The Labute approximate surface area is 150 Å². The summed E-state index contributed by atoms with van der Waals surface area (Å²) in [6.07, 6.45) is -6.38. The van der Waals surface area contributed by atoms with Crippen molar-refractivity contribution in [3.8, 4) is 10.4 Å². The summed E-state index contributed by atoms with van der Waals surface area (Å²) in [4.78, 5) is 39.9. The molecular formula is C14H9ClF3N3O4S. The molecule has 3 rings (SSSR count). The van der Waals surface area contributed by atoms with Crippen LogP contribution in [0.5, 0.6) is 0 Å². The number of thiophene rings is 1. The van der Waals surface area contributed by atoms with Crippen LogP contribution in [-0.4, -0.2) is 31.9 Å². The highest BCUT2D eigenvalue weighted by atomic mass is 35.5. The quantitative estimate of drug-likeness (QED) is 0.614. The Morgan fingerprint density at radius 3 is 2.54 bits per heavy atom. The second kappa shape index (κ2) is 6.41. The molecule has 0 saturated heterocycles. The van der Waals surface area contributed by atoms with Crippen molar-refractivity contribution in [2.45, 2.75) is 18.8 Å². The van der Waals surface area contributed by atoms with Crippen molar-refractivity contribution in [2.24, 2.45) is 0 Å². The number of nitrogens with zero attached hydrogens (tertiary/aromatic N) is 1. The van der Waals surface area contributed by atoms with Gasteiger partial charge in [0.2, 0.25) is 0 Å². The lowest BCUT2D eigenvalue weighted by molar-refractivity contribution is -0.207. The molecule has 7 nitrogen and oxygen atoms in total. The van der Waals surface area contributed by atoms with Crippen molar-refractivity contribution in [1.29, 1.82) is 0 Å². The summed E-state index contributed by atoms with van der Waals surface area (Å²) in [6.45, 7) is -1.07. The third kappa shape index (κ3) is 3.32. The molecule has 0 saturated carbocycles. The number of pyridine rings is 1. The van der Waals surface area contributed by atoms with Crippen LogP contribution in [0.3, 0.4) is 0 Å². The molecule has 0 aliphatic rings. The molecule has 3 heterocycles. The van der Waals surface area contributed by atoms with Crippen LogP contribution in [0, 0.1) is 0 Å². The predicted molar refractivity (Wildman–Crippen MR) is 89.8 cm³/mol. The highest BCUT2D eigenvalue weighted by Gasteiger charge is 2.38. The first-order chi connectivity index (χ1) is 12.1. The van der Waals surface area contributed by atoms with Gasteiger partial charge in [-0.2, -0.15) is 13.2 Å². The minimum atomic E-state index is -4.92. The fraction of sp³-hybridized carbons (Fsp3) is 0.214. The number of aliphatic hydroxyl groups is 1. The number of aromatic amines is 2. The third-order valence-corrected chi connectivity index (χ3v) is 5.00. The van der Waals surface area contributed by atoms with Crippen molar-refractivity contribution in [2.75, 3.05) is 0 Å². The lowest BCUT2D eigenvalue weighted by atomic mass is 10.2. The number of aromatic nitrogens is 3. The fourth-order valence-electron chi connectivity index (χ4n) is 2.27. The van der Waals surface area contributed by atoms with E-state index in [-0.39, 0.29) is 15.2 Å². The molecular weight excluding hydrogens is 399 g/mol. The average Bonchev–Trinajstić information content (AvgIpc) is 2.98. The van der Waals surface area contributed by atoms with Crippen LogP contribution in [0.25, 0.3) is 20.7 Å². The molecule has 0 bridgehead atoms. The first-order valence-corrected chi connectivity index (χ1v) is 8.17. The monoisotopic (exact) mass is 407 g/mol. The number of H-pyrrole nitrogens is 2. The van der Waals surface area contributed by atoms with E-state index in [1.807, 2.05) is 4.98 Å². The summed E-state index contributed by atoms with van der Waals surface area (Å²) in [5, 5.41) is 9.14. The first-order valence-electron chi connectivity index (χ1n) is 6.98. The van der Waals surface area contributed by atoms with Gasteiger partial charge in [-0.1, -0.05) is 11.6 Å². The maximum absolute atomic E-state index is 12.6. The molecule has 0 aromatic carbocycles. The lowest BCUT2D eigenvalue weighted by Gasteiger charge is -2.16. The van der Waals surface area contributed by atoms with Gasteiger partial charge >= 0.3 is 11.9 Å². The largest absolute Gasteiger partial charge is 0.416 e. The summed E-state index contributed by atoms with van der Waals surface area (Å²) in [7, 11) is 0. The number of hydrogen-bond donors (Lipinski definition) is 3. The number of fused-ring (bicyclic) bond motifs is 1. The molecule has 0 amide bonds. The number of aliphatic hydroxyl groups excluding tert-OH is 1. The van der Waals surface area contributed by atoms with Gasteiger partial charge in [0.25, 0.3) is 11.1 Å². The summed E-state index contributed by atoms with van der Waals surface area (Å²) < 4.78 is 38.5. The number of nitrogens with one attached hydrogen (secondary N) is 2. The molecule has 26 heavy (non-hydrogen) atoms. The SMILES string of the molecule is O=c1[nH]cc(-c2cc3c(s2)c(=O)[nH]c(=O)n3CC(O)C(F)(F)F)cc1Cl. The summed E-state index contributed by atoms with van der Waals surface area (Å²) in [5.41, 5.74) is -2.03. The fourth-order valence-corrected chi connectivity index (χ4v) is 3.49. The van der Waals surface area contributed by atoms with E-state index in [1.165, 1.54) is 18.3 Å². The minimum absolute atomic E-state index is 0.00343. The highest BCUT2D eigenvalue weighted by molar-refractivity contribution is 7.22. The van der Waals surface area contributed by atoms with Gasteiger partial charge in [0, 0.05) is 16.6 Å². The Morgan fingerprint density at radius 2 is 1.92 bits per heavy atom. The van der Waals surface area contributed by atoms with Gasteiger partial charge in [-0.15, -0.1) is 11.3 Å². The Bertz CT molecular complexity index is 1160. The highest BCUT2D eigenvalue weighted by Crippen LogP contribution is 2.32. The van der Waals surface area contributed by atoms with Gasteiger partial charge in [-0.05, 0) is 12.1 Å². The summed E-state index contributed by atoms with van der Waals surface area (Å²) in [5.74, 6) is 0. The number of rotatable bonds is 3. The smallest absolute Gasteiger partial charge is 0.382 e. The van der Waals surface area contributed by atoms with Crippen LogP contribution in [0.1, 0.15) is 0 Å². The predicted octanol–water partition coefficient (Wildman–Crippen LogP) is 1.68. The maximum atomic E-state index is 12.6. The number of alkyl halides is 3. The van der Waals surface area contributed by atoms with E-state index < -0.39 is 35.6 Å².